The number of hydrogen-bond donors (Lipinski definition) is 1. The standard InChI is InChI=1S/C18H18ClFN2O4S2/c19-11-5-6-17(28(25,26)22-9-13-12(8-21)14(13)10-22)18(7-11)27(23,24)16-4-2-1-3-15(16)20/h1-7,12-14H,8-10,21H2. The lowest BCUT2D eigenvalue weighted by molar-refractivity contribution is 0.412. The summed E-state index contributed by atoms with van der Waals surface area (Å²) in [5, 5.41) is 0.0429. The third-order valence-electron chi connectivity index (χ3n) is 5.55. The summed E-state index contributed by atoms with van der Waals surface area (Å²) in [5.41, 5.74) is 5.67. The van der Waals surface area contributed by atoms with Crippen LogP contribution < -0.4 is 5.73 Å². The van der Waals surface area contributed by atoms with Gasteiger partial charge in [-0.2, -0.15) is 4.31 Å². The summed E-state index contributed by atoms with van der Waals surface area (Å²) in [5.74, 6) is -0.227. The third-order valence-corrected chi connectivity index (χ3v) is 9.63. The predicted octanol–water partition coefficient (Wildman–Crippen LogP) is 2.14. The molecular weight excluding hydrogens is 427 g/mol. The maximum atomic E-state index is 14.2. The smallest absolute Gasteiger partial charge is 0.244 e. The fourth-order valence-electron chi connectivity index (χ4n) is 3.98. The van der Waals surface area contributed by atoms with Gasteiger partial charge in [0.1, 0.15) is 15.6 Å². The Morgan fingerprint density at radius 3 is 2.25 bits per heavy atom. The van der Waals surface area contributed by atoms with Crippen LogP contribution in [0.25, 0.3) is 0 Å². The van der Waals surface area contributed by atoms with E-state index in [1.54, 1.807) is 0 Å². The van der Waals surface area contributed by atoms with Gasteiger partial charge in [-0.1, -0.05) is 23.7 Å². The van der Waals surface area contributed by atoms with E-state index in [1.807, 2.05) is 0 Å². The zero-order chi connectivity index (χ0) is 20.3. The van der Waals surface area contributed by atoms with Gasteiger partial charge in [0.25, 0.3) is 0 Å². The Morgan fingerprint density at radius 1 is 1.00 bits per heavy atom. The maximum Gasteiger partial charge on any atom is 0.244 e. The summed E-state index contributed by atoms with van der Waals surface area (Å²) in [4.78, 5) is -1.52. The van der Waals surface area contributed by atoms with Crippen LogP contribution in [-0.2, 0) is 19.9 Å². The zero-order valence-electron chi connectivity index (χ0n) is 14.6. The Kier molecular flexibility index (Phi) is 4.79. The average molecular weight is 445 g/mol. The van der Waals surface area contributed by atoms with Crippen LogP contribution in [-0.4, -0.2) is 40.8 Å². The maximum absolute atomic E-state index is 14.2. The van der Waals surface area contributed by atoms with Crippen LogP contribution in [0.4, 0.5) is 4.39 Å². The third kappa shape index (κ3) is 3.05. The van der Waals surface area contributed by atoms with Gasteiger partial charge < -0.3 is 5.73 Å². The average Bonchev–Trinajstić information content (AvgIpc) is 3.11. The lowest BCUT2D eigenvalue weighted by Gasteiger charge is -2.21. The molecule has 1 saturated carbocycles. The monoisotopic (exact) mass is 444 g/mol. The molecule has 28 heavy (non-hydrogen) atoms. The number of piperidine rings is 1. The van der Waals surface area contributed by atoms with E-state index in [0.717, 1.165) is 24.3 Å². The summed E-state index contributed by atoms with van der Waals surface area (Å²) < 4.78 is 67.9. The Hall–Kier alpha value is -1.52. The molecule has 0 radical (unpaired) electrons. The molecule has 1 heterocycles. The molecular formula is C18H18ClFN2O4S2. The summed E-state index contributed by atoms with van der Waals surface area (Å²) in [6, 6.07) is 8.36. The van der Waals surface area contributed by atoms with Gasteiger partial charge in [0, 0.05) is 18.1 Å². The van der Waals surface area contributed by atoms with Gasteiger partial charge in [-0.15, -0.1) is 0 Å². The van der Waals surface area contributed by atoms with Gasteiger partial charge >= 0.3 is 0 Å². The van der Waals surface area contributed by atoms with Crippen molar-refractivity contribution < 1.29 is 21.2 Å². The molecule has 2 aliphatic rings. The largest absolute Gasteiger partial charge is 0.330 e. The second kappa shape index (κ2) is 6.77. The molecule has 6 nitrogen and oxygen atoms in total. The van der Waals surface area contributed by atoms with E-state index in [0.29, 0.717) is 25.6 Å². The van der Waals surface area contributed by atoms with Gasteiger partial charge in [0.2, 0.25) is 19.9 Å². The molecule has 4 rings (SSSR count). The fraction of sp³-hybridized carbons (Fsp3) is 0.333. The van der Waals surface area contributed by atoms with Crippen LogP contribution in [0.5, 0.6) is 0 Å². The second-order valence-electron chi connectivity index (χ2n) is 7.07. The van der Waals surface area contributed by atoms with Gasteiger partial charge in [-0.25, -0.2) is 21.2 Å². The molecule has 0 aromatic heterocycles. The first-order chi connectivity index (χ1) is 13.2. The molecule has 2 atom stereocenters. The molecule has 10 heteroatoms. The molecule has 2 fully saturated rings. The molecule has 2 unspecified atom stereocenters. The second-order valence-corrected chi connectivity index (χ2v) is 11.3. The highest BCUT2D eigenvalue weighted by Crippen LogP contribution is 2.52. The first-order valence-corrected chi connectivity index (χ1v) is 12.0. The van der Waals surface area contributed by atoms with Gasteiger partial charge in [-0.05, 0) is 54.6 Å². The molecule has 1 saturated heterocycles. The van der Waals surface area contributed by atoms with E-state index < -0.39 is 40.4 Å². The van der Waals surface area contributed by atoms with E-state index >= 15 is 0 Å². The number of benzene rings is 2. The topological polar surface area (TPSA) is 97.5 Å². The van der Waals surface area contributed by atoms with Crippen molar-refractivity contribution in [2.24, 2.45) is 23.5 Å². The number of rotatable bonds is 5. The SMILES string of the molecule is NCC1C2CN(S(=O)(=O)c3ccc(Cl)cc3S(=O)(=O)c3ccccc3F)CC12. The van der Waals surface area contributed by atoms with Crippen molar-refractivity contribution in [3.05, 3.63) is 53.3 Å². The summed E-state index contributed by atoms with van der Waals surface area (Å²) in [6.07, 6.45) is 0. The number of hydrogen-bond acceptors (Lipinski definition) is 5. The number of sulfone groups is 1. The Labute approximate surface area is 168 Å². The van der Waals surface area contributed by atoms with Gasteiger partial charge in [0.05, 0.1) is 4.90 Å². The van der Waals surface area contributed by atoms with Crippen LogP contribution in [0.3, 0.4) is 0 Å². The van der Waals surface area contributed by atoms with Crippen molar-refractivity contribution in [3.8, 4) is 0 Å². The molecule has 1 aliphatic heterocycles. The van der Waals surface area contributed by atoms with Crippen molar-refractivity contribution in [1.82, 2.24) is 4.31 Å². The molecule has 2 N–H and O–H groups in total. The summed E-state index contributed by atoms with van der Waals surface area (Å²) in [7, 11) is -8.53. The van der Waals surface area contributed by atoms with E-state index in [1.165, 1.54) is 22.5 Å². The van der Waals surface area contributed by atoms with Crippen LogP contribution in [0.2, 0.25) is 5.02 Å². The van der Waals surface area contributed by atoms with Crippen molar-refractivity contribution in [2.45, 2.75) is 14.7 Å². The number of halogens is 2. The minimum atomic E-state index is -4.44. The van der Waals surface area contributed by atoms with Gasteiger partial charge in [0.15, 0.2) is 0 Å². The molecule has 2 aromatic carbocycles. The van der Waals surface area contributed by atoms with Crippen molar-refractivity contribution in [3.63, 3.8) is 0 Å². The Bertz CT molecular complexity index is 1140. The minimum Gasteiger partial charge on any atom is -0.330 e. The highest BCUT2D eigenvalue weighted by molar-refractivity contribution is 7.93. The lowest BCUT2D eigenvalue weighted by atomic mass is 10.3. The Balaban J connectivity index is 1.79. The van der Waals surface area contributed by atoms with E-state index in [9.17, 15) is 21.2 Å². The quantitative estimate of drug-likeness (QED) is 0.761. The van der Waals surface area contributed by atoms with Gasteiger partial charge in [-0.3, -0.25) is 0 Å². The summed E-state index contributed by atoms with van der Waals surface area (Å²) >= 11 is 5.95. The number of sulfonamides is 1. The number of fused-ring (bicyclic) bond motifs is 1. The number of nitrogens with two attached hydrogens (primary N) is 1. The molecule has 2 aromatic rings. The van der Waals surface area contributed by atoms with Crippen LogP contribution in [0, 0.1) is 23.6 Å². The van der Waals surface area contributed by atoms with Crippen LogP contribution in [0.1, 0.15) is 0 Å². The molecule has 150 valence electrons. The van der Waals surface area contributed by atoms with Crippen molar-refractivity contribution in [1.29, 1.82) is 0 Å². The number of nitrogens with zero attached hydrogens (tertiary/aromatic N) is 1. The van der Waals surface area contributed by atoms with E-state index in [-0.39, 0.29) is 16.9 Å². The zero-order valence-corrected chi connectivity index (χ0v) is 17.0. The minimum absolute atomic E-state index is 0.0429. The van der Waals surface area contributed by atoms with Crippen LogP contribution >= 0.6 is 11.6 Å². The van der Waals surface area contributed by atoms with Crippen LogP contribution in [0.15, 0.2) is 57.2 Å². The fourth-order valence-corrected chi connectivity index (χ4v) is 7.87. The van der Waals surface area contributed by atoms with Crippen molar-refractivity contribution in [2.75, 3.05) is 19.6 Å². The Morgan fingerprint density at radius 2 is 1.64 bits per heavy atom. The lowest BCUT2D eigenvalue weighted by Crippen LogP contribution is -2.33. The van der Waals surface area contributed by atoms with E-state index in [4.69, 9.17) is 17.3 Å². The molecule has 1 aliphatic carbocycles. The first-order valence-electron chi connectivity index (χ1n) is 8.67. The highest BCUT2D eigenvalue weighted by Gasteiger charge is 2.57. The molecule has 0 spiro atoms. The normalized spacial score (nSPS) is 24.9. The van der Waals surface area contributed by atoms with E-state index in [2.05, 4.69) is 0 Å². The molecule has 0 bridgehead atoms. The molecule has 0 amide bonds. The summed E-state index contributed by atoms with van der Waals surface area (Å²) in [6.45, 7) is 1.12. The van der Waals surface area contributed by atoms with Crippen molar-refractivity contribution >= 4 is 31.5 Å². The predicted molar refractivity (Wildman–Crippen MR) is 102 cm³/mol. The highest BCUT2D eigenvalue weighted by atomic mass is 35.5. The first kappa shape index (κ1) is 19.8.